The lowest BCUT2D eigenvalue weighted by atomic mass is 10.4. The van der Waals surface area contributed by atoms with Crippen LogP contribution in [0.15, 0.2) is 34.3 Å². The summed E-state index contributed by atoms with van der Waals surface area (Å²) in [5, 5.41) is -0.0810. The van der Waals surface area contributed by atoms with Crippen LogP contribution in [0.25, 0.3) is 0 Å². The fourth-order valence-corrected chi connectivity index (χ4v) is 3.07. The summed E-state index contributed by atoms with van der Waals surface area (Å²) < 4.78 is 28.6. The largest absolute Gasteiger partial charge is 0.381 e. The SMILES string of the molecule is Cn1cnc(N)c1S(=O)(=O)Nc1cncc(Br)c1. The van der Waals surface area contributed by atoms with Crippen LogP contribution >= 0.6 is 15.9 Å². The van der Waals surface area contributed by atoms with Crippen molar-refractivity contribution in [2.45, 2.75) is 5.03 Å². The van der Waals surface area contributed by atoms with E-state index in [1.54, 1.807) is 19.3 Å². The van der Waals surface area contributed by atoms with E-state index >= 15 is 0 Å². The number of aryl methyl sites for hydroxylation is 1. The zero-order valence-corrected chi connectivity index (χ0v) is 11.7. The second-order valence-corrected chi connectivity index (χ2v) is 6.06. The number of sulfonamides is 1. The van der Waals surface area contributed by atoms with Gasteiger partial charge in [-0.15, -0.1) is 0 Å². The Balaban J connectivity index is 2.39. The Labute approximate surface area is 112 Å². The van der Waals surface area contributed by atoms with Gasteiger partial charge in [-0.1, -0.05) is 0 Å². The molecule has 2 rings (SSSR count). The lowest BCUT2D eigenvalue weighted by Crippen LogP contribution is -2.17. The third-order valence-corrected chi connectivity index (χ3v) is 4.07. The van der Waals surface area contributed by atoms with Crippen LogP contribution in [0.5, 0.6) is 0 Å². The van der Waals surface area contributed by atoms with Crippen LogP contribution in [-0.4, -0.2) is 23.0 Å². The number of halogens is 1. The summed E-state index contributed by atoms with van der Waals surface area (Å²) in [4.78, 5) is 7.61. The minimum atomic E-state index is -3.78. The molecule has 7 nitrogen and oxygen atoms in total. The molecule has 0 amide bonds. The monoisotopic (exact) mass is 331 g/mol. The number of pyridine rings is 1. The molecule has 2 heterocycles. The summed E-state index contributed by atoms with van der Waals surface area (Å²) in [5.74, 6) is -0.0482. The van der Waals surface area contributed by atoms with Gasteiger partial charge >= 0.3 is 0 Å². The molecule has 0 saturated carbocycles. The van der Waals surface area contributed by atoms with Crippen molar-refractivity contribution in [2.75, 3.05) is 10.5 Å². The number of aromatic nitrogens is 3. The Kier molecular flexibility index (Phi) is 3.26. The highest BCUT2D eigenvalue weighted by Gasteiger charge is 2.22. The Morgan fingerprint density at radius 1 is 1.44 bits per heavy atom. The Morgan fingerprint density at radius 3 is 2.72 bits per heavy atom. The van der Waals surface area contributed by atoms with Crippen LogP contribution in [0.2, 0.25) is 0 Å². The molecule has 0 atom stereocenters. The second kappa shape index (κ2) is 4.58. The van der Waals surface area contributed by atoms with E-state index in [-0.39, 0.29) is 10.8 Å². The van der Waals surface area contributed by atoms with Gasteiger partial charge in [0.1, 0.15) is 0 Å². The molecular formula is C9H10BrN5O2S. The number of nitrogens with two attached hydrogens (primary N) is 1. The molecule has 0 spiro atoms. The Hall–Kier alpha value is -1.61. The molecule has 2 aromatic rings. The minimum Gasteiger partial charge on any atom is -0.381 e. The van der Waals surface area contributed by atoms with E-state index in [1.807, 2.05) is 0 Å². The first-order chi connectivity index (χ1) is 8.40. The number of nitrogens with one attached hydrogen (secondary N) is 1. The molecule has 0 aliphatic rings. The van der Waals surface area contributed by atoms with Gasteiger partial charge in [0.25, 0.3) is 10.0 Å². The Bertz CT molecular complexity index is 663. The first kappa shape index (κ1) is 12.8. The maximum atomic E-state index is 12.1. The molecule has 9 heteroatoms. The lowest BCUT2D eigenvalue weighted by Gasteiger charge is -2.08. The highest BCUT2D eigenvalue weighted by atomic mass is 79.9. The third-order valence-electron chi connectivity index (χ3n) is 2.12. The number of rotatable bonds is 3. The zero-order chi connectivity index (χ0) is 13.3. The average Bonchev–Trinajstić information content (AvgIpc) is 2.58. The molecule has 3 N–H and O–H groups in total. The maximum Gasteiger partial charge on any atom is 0.281 e. The van der Waals surface area contributed by atoms with Gasteiger partial charge in [0.15, 0.2) is 10.8 Å². The molecular weight excluding hydrogens is 322 g/mol. The molecule has 0 aliphatic carbocycles. The number of hydrogen-bond donors (Lipinski definition) is 2. The first-order valence-corrected chi connectivity index (χ1v) is 7.08. The topological polar surface area (TPSA) is 103 Å². The predicted molar refractivity (Wildman–Crippen MR) is 70.4 cm³/mol. The normalized spacial score (nSPS) is 11.4. The molecule has 0 radical (unpaired) electrons. The molecule has 0 unspecified atom stereocenters. The van der Waals surface area contributed by atoms with Crippen LogP contribution in [0.4, 0.5) is 11.5 Å². The fraction of sp³-hybridized carbons (Fsp3) is 0.111. The molecule has 0 fully saturated rings. The summed E-state index contributed by atoms with van der Waals surface area (Å²) in [7, 11) is -2.23. The van der Waals surface area contributed by atoms with Crippen LogP contribution in [0.3, 0.4) is 0 Å². The molecule has 18 heavy (non-hydrogen) atoms. The van der Waals surface area contributed by atoms with E-state index in [0.29, 0.717) is 10.2 Å². The van der Waals surface area contributed by atoms with Crippen LogP contribution < -0.4 is 10.5 Å². The highest BCUT2D eigenvalue weighted by molar-refractivity contribution is 9.10. The van der Waals surface area contributed by atoms with Crippen molar-refractivity contribution in [3.63, 3.8) is 0 Å². The van der Waals surface area contributed by atoms with Crippen LogP contribution in [0.1, 0.15) is 0 Å². The van der Waals surface area contributed by atoms with Crippen molar-refractivity contribution in [3.05, 3.63) is 29.3 Å². The minimum absolute atomic E-state index is 0.0482. The zero-order valence-electron chi connectivity index (χ0n) is 9.33. The molecule has 96 valence electrons. The second-order valence-electron chi connectivity index (χ2n) is 3.54. The van der Waals surface area contributed by atoms with E-state index in [2.05, 4.69) is 30.6 Å². The lowest BCUT2D eigenvalue weighted by molar-refractivity contribution is 0.592. The number of anilines is 2. The highest BCUT2D eigenvalue weighted by Crippen LogP contribution is 2.21. The van der Waals surface area contributed by atoms with Crippen molar-refractivity contribution in [1.29, 1.82) is 0 Å². The molecule has 2 aromatic heterocycles. The Morgan fingerprint density at radius 2 is 2.17 bits per heavy atom. The van der Waals surface area contributed by atoms with E-state index in [1.165, 1.54) is 17.1 Å². The smallest absolute Gasteiger partial charge is 0.281 e. The van der Waals surface area contributed by atoms with Crippen molar-refractivity contribution in [1.82, 2.24) is 14.5 Å². The van der Waals surface area contributed by atoms with Gasteiger partial charge in [0, 0.05) is 17.7 Å². The van der Waals surface area contributed by atoms with E-state index in [0.717, 1.165) is 0 Å². The van der Waals surface area contributed by atoms with E-state index < -0.39 is 10.0 Å². The van der Waals surface area contributed by atoms with Crippen molar-refractivity contribution in [3.8, 4) is 0 Å². The number of imidazole rings is 1. The molecule has 0 saturated heterocycles. The van der Waals surface area contributed by atoms with Gasteiger partial charge in [-0.05, 0) is 22.0 Å². The van der Waals surface area contributed by atoms with Gasteiger partial charge in [0.05, 0.1) is 18.2 Å². The molecule has 0 aromatic carbocycles. The predicted octanol–water partition coefficient (Wildman–Crippen LogP) is 0.961. The average molecular weight is 332 g/mol. The summed E-state index contributed by atoms with van der Waals surface area (Å²) in [6, 6.07) is 1.59. The van der Waals surface area contributed by atoms with Crippen molar-refractivity contribution in [2.24, 2.45) is 7.05 Å². The van der Waals surface area contributed by atoms with Gasteiger partial charge in [0.2, 0.25) is 0 Å². The first-order valence-electron chi connectivity index (χ1n) is 4.80. The van der Waals surface area contributed by atoms with Gasteiger partial charge in [-0.25, -0.2) is 4.98 Å². The van der Waals surface area contributed by atoms with Crippen molar-refractivity contribution < 1.29 is 8.42 Å². The quantitative estimate of drug-likeness (QED) is 0.871. The van der Waals surface area contributed by atoms with Crippen molar-refractivity contribution >= 4 is 37.5 Å². The van der Waals surface area contributed by atoms with E-state index in [9.17, 15) is 8.42 Å². The summed E-state index contributed by atoms with van der Waals surface area (Å²) in [5.41, 5.74) is 5.87. The maximum absolute atomic E-state index is 12.1. The molecule has 0 aliphatic heterocycles. The van der Waals surface area contributed by atoms with Gasteiger partial charge in [-0.3, -0.25) is 9.71 Å². The van der Waals surface area contributed by atoms with Gasteiger partial charge < -0.3 is 10.3 Å². The third kappa shape index (κ3) is 2.46. The summed E-state index contributed by atoms with van der Waals surface area (Å²) in [6.45, 7) is 0. The number of nitrogen functional groups attached to an aromatic ring is 1. The van der Waals surface area contributed by atoms with Crippen LogP contribution in [0, 0.1) is 0 Å². The van der Waals surface area contributed by atoms with E-state index in [4.69, 9.17) is 5.73 Å². The van der Waals surface area contributed by atoms with Crippen LogP contribution in [-0.2, 0) is 17.1 Å². The summed E-state index contributed by atoms with van der Waals surface area (Å²) >= 11 is 3.21. The number of nitrogens with zero attached hydrogens (tertiary/aromatic N) is 3. The fourth-order valence-electron chi connectivity index (χ4n) is 1.44. The van der Waals surface area contributed by atoms with Gasteiger partial charge in [-0.2, -0.15) is 8.42 Å². The number of hydrogen-bond acceptors (Lipinski definition) is 5. The summed E-state index contributed by atoms with van der Waals surface area (Å²) in [6.07, 6.45) is 4.29. The molecule has 0 bridgehead atoms. The standard InChI is InChI=1S/C9H10BrN5O2S/c1-15-5-13-8(11)9(15)18(16,17)14-7-2-6(10)3-12-4-7/h2-5,14H,11H2,1H3.